The van der Waals surface area contributed by atoms with Crippen molar-refractivity contribution in [1.29, 1.82) is 0 Å². The molecular formula is C16H23NO. The number of likely N-dealkylation sites (tertiary alicyclic amines) is 1. The molecule has 2 heteroatoms. The first-order valence-electron chi connectivity index (χ1n) is 7.35. The van der Waals surface area contributed by atoms with Gasteiger partial charge in [-0.1, -0.05) is 25.0 Å². The van der Waals surface area contributed by atoms with E-state index in [0.717, 1.165) is 18.5 Å². The molecule has 2 nitrogen and oxygen atoms in total. The van der Waals surface area contributed by atoms with E-state index < -0.39 is 0 Å². The maximum Gasteiger partial charge on any atom is 0.115 e. The molecule has 1 aliphatic carbocycles. The van der Waals surface area contributed by atoms with E-state index in [1.807, 2.05) is 0 Å². The molecule has 2 unspecified atom stereocenters. The quantitative estimate of drug-likeness (QED) is 0.861. The fourth-order valence-corrected chi connectivity index (χ4v) is 3.76. The van der Waals surface area contributed by atoms with Gasteiger partial charge >= 0.3 is 0 Å². The summed E-state index contributed by atoms with van der Waals surface area (Å²) in [7, 11) is 0. The number of rotatable bonds is 2. The lowest BCUT2D eigenvalue weighted by Gasteiger charge is -2.44. The summed E-state index contributed by atoms with van der Waals surface area (Å²) in [5.74, 6) is 1.32. The molecule has 18 heavy (non-hydrogen) atoms. The summed E-state index contributed by atoms with van der Waals surface area (Å²) in [6.07, 6.45) is 8.48. The number of hydrogen-bond acceptors (Lipinski definition) is 2. The largest absolute Gasteiger partial charge is 0.508 e. The second-order valence-corrected chi connectivity index (χ2v) is 5.89. The number of nitrogens with zero attached hydrogens (tertiary/aromatic N) is 1. The molecular weight excluding hydrogens is 222 g/mol. The predicted molar refractivity (Wildman–Crippen MR) is 73.5 cm³/mol. The van der Waals surface area contributed by atoms with Crippen LogP contribution in [0.5, 0.6) is 5.75 Å². The summed E-state index contributed by atoms with van der Waals surface area (Å²) in [6, 6.07) is 8.54. The molecule has 1 aromatic carbocycles. The van der Waals surface area contributed by atoms with Crippen LogP contribution in [0.4, 0.5) is 0 Å². The third kappa shape index (κ3) is 2.54. The van der Waals surface area contributed by atoms with E-state index >= 15 is 0 Å². The second kappa shape index (κ2) is 5.31. The van der Waals surface area contributed by atoms with Crippen molar-refractivity contribution in [1.82, 2.24) is 4.90 Å². The SMILES string of the molecule is Oc1ccc(CN2CCCC3CCCCC32)cc1. The van der Waals surface area contributed by atoms with Crippen LogP contribution in [0, 0.1) is 5.92 Å². The maximum atomic E-state index is 9.34. The molecule has 1 aliphatic heterocycles. The van der Waals surface area contributed by atoms with Gasteiger partial charge in [0, 0.05) is 12.6 Å². The van der Waals surface area contributed by atoms with Crippen LogP contribution in [0.25, 0.3) is 0 Å². The molecule has 1 saturated carbocycles. The van der Waals surface area contributed by atoms with Crippen molar-refractivity contribution in [3.8, 4) is 5.75 Å². The molecule has 0 bridgehead atoms. The highest BCUT2D eigenvalue weighted by Gasteiger charge is 2.32. The van der Waals surface area contributed by atoms with Crippen LogP contribution in [0.15, 0.2) is 24.3 Å². The second-order valence-electron chi connectivity index (χ2n) is 5.89. The Hall–Kier alpha value is -1.02. The fraction of sp³-hybridized carbons (Fsp3) is 0.625. The van der Waals surface area contributed by atoms with Gasteiger partial charge in [0.1, 0.15) is 5.75 Å². The van der Waals surface area contributed by atoms with Crippen LogP contribution in [0.1, 0.15) is 44.1 Å². The number of benzene rings is 1. The van der Waals surface area contributed by atoms with Crippen molar-refractivity contribution in [2.75, 3.05) is 6.54 Å². The summed E-state index contributed by atoms with van der Waals surface area (Å²) in [6.45, 7) is 2.31. The van der Waals surface area contributed by atoms with Crippen molar-refractivity contribution < 1.29 is 5.11 Å². The Labute approximate surface area is 110 Å². The fourth-order valence-electron chi connectivity index (χ4n) is 3.76. The van der Waals surface area contributed by atoms with E-state index in [-0.39, 0.29) is 0 Å². The lowest BCUT2D eigenvalue weighted by Crippen LogP contribution is -2.46. The highest BCUT2D eigenvalue weighted by Crippen LogP contribution is 2.35. The Morgan fingerprint density at radius 2 is 1.72 bits per heavy atom. The van der Waals surface area contributed by atoms with E-state index in [9.17, 15) is 5.11 Å². The summed E-state index contributed by atoms with van der Waals surface area (Å²) >= 11 is 0. The van der Waals surface area contributed by atoms with Crippen LogP contribution < -0.4 is 0 Å². The average molecular weight is 245 g/mol. The predicted octanol–water partition coefficient (Wildman–Crippen LogP) is 3.55. The number of hydrogen-bond donors (Lipinski definition) is 1. The lowest BCUT2D eigenvalue weighted by molar-refractivity contribution is 0.0547. The molecule has 1 aromatic rings. The molecule has 0 radical (unpaired) electrons. The molecule has 0 aromatic heterocycles. The standard InChI is InChI=1S/C16H23NO/c18-15-9-7-13(8-10-15)12-17-11-3-5-14-4-1-2-6-16(14)17/h7-10,14,16,18H,1-6,11-12H2. The van der Waals surface area contributed by atoms with Crippen molar-refractivity contribution in [2.24, 2.45) is 5.92 Å². The summed E-state index contributed by atoms with van der Waals surface area (Å²) in [5, 5.41) is 9.34. The summed E-state index contributed by atoms with van der Waals surface area (Å²) in [4.78, 5) is 2.68. The molecule has 2 fully saturated rings. The van der Waals surface area contributed by atoms with E-state index in [0.29, 0.717) is 5.75 Å². The highest BCUT2D eigenvalue weighted by atomic mass is 16.3. The molecule has 2 atom stereocenters. The Balaban J connectivity index is 1.69. The number of piperidine rings is 1. The lowest BCUT2D eigenvalue weighted by atomic mass is 9.78. The van der Waals surface area contributed by atoms with Crippen molar-refractivity contribution >= 4 is 0 Å². The van der Waals surface area contributed by atoms with Gasteiger partial charge in [0.15, 0.2) is 0 Å². The molecule has 1 saturated heterocycles. The van der Waals surface area contributed by atoms with Gasteiger partial charge in [-0.15, -0.1) is 0 Å². The number of phenols is 1. The Bertz CT molecular complexity index is 385. The average Bonchev–Trinajstić information content (AvgIpc) is 2.42. The first kappa shape index (κ1) is 12.0. The van der Waals surface area contributed by atoms with Crippen LogP contribution in [0.2, 0.25) is 0 Å². The molecule has 0 amide bonds. The van der Waals surface area contributed by atoms with Crippen molar-refractivity contribution in [3.05, 3.63) is 29.8 Å². The highest BCUT2D eigenvalue weighted by molar-refractivity contribution is 5.25. The molecule has 0 spiro atoms. The Morgan fingerprint density at radius 1 is 1.00 bits per heavy atom. The van der Waals surface area contributed by atoms with Gasteiger partial charge in [0.25, 0.3) is 0 Å². The summed E-state index contributed by atoms with van der Waals surface area (Å²) < 4.78 is 0. The van der Waals surface area contributed by atoms with Gasteiger partial charge in [0.2, 0.25) is 0 Å². The van der Waals surface area contributed by atoms with Crippen LogP contribution >= 0.6 is 0 Å². The van der Waals surface area contributed by atoms with E-state index in [2.05, 4.69) is 17.0 Å². The third-order valence-electron chi connectivity index (χ3n) is 4.68. The minimum atomic E-state index is 0.368. The van der Waals surface area contributed by atoms with E-state index in [4.69, 9.17) is 0 Å². The Morgan fingerprint density at radius 3 is 2.56 bits per heavy atom. The molecule has 1 N–H and O–H groups in total. The van der Waals surface area contributed by atoms with Gasteiger partial charge in [-0.3, -0.25) is 4.90 Å². The molecule has 1 heterocycles. The number of phenolic OH excluding ortho intramolecular Hbond substituents is 1. The monoisotopic (exact) mass is 245 g/mol. The minimum absolute atomic E-state index is 0.368. The Kier molecular flexibility index (Phi) is 3.55. The maximum absolute atomic E-state index is 9.34. The third-order valence-corrected chi connectivity index (χ3v) is 4.68. The van der Waals surface area contributed by atoms with Gasteiger partial charge < -0.3 is 5.11 Å². The van der Waals surface area contributed by atoms with Crippen molar-refractivity contribution in [3.63, 3.8) is 0 Å². The zero-order chi connectivity index (χ0) is 12.4. The molecule has 2 aliphatic rings. The summed E-state index contributed by atoms with van der Waals surface area (Å²) in [5.41, 5.74) is 1.33. The first-order chi connectivity index (χ1) is 8.83. The van der Waals surface area contributed by atoms with Crippen LogP contribution in [-0.2, 0) is 6.54 Å². The normalized spacial score (nSPS) is 28.9. The van der Waals surface area contributed by atoms with E-state index in [1.165, 1.54) is 50.6 Å². The molecule has 98 valence electrons. The topological polar surface area (TPSA) is 23.5 Å². The minimum Gasteiger partial charge on any atom is -0.508 e. The number of fused-ring (bicyclic) bond motifs is 1. The van der Waals surface area contributed by atoms with Crippen LogP contribution in [-0.4, -0.2) is 22.6 Å². The van der Waals surface area contributed by atoms with Crippen molar-refractivity contribution in [2.45, 2.75) is 51.1 Å². The van der Waals surface area contributed by atoms with E-state index in [1.54, 1.807) is 12.1 Å². The number of aromatic hydroxyl groups is 1. The first-order valence-corrected chi connectivity index (χ1v) is 7.35. The zero-order valence-corrected chi connectivity index (χ0v) is 11.0. The smallest absolute Gasteiger partial charge is 0.115 e. The van der Waals surface area contributed by atoms with Gasteiger partial charge in [0.05, 0.1) is 0 Å². The van der Waals surface area contributed by atoms with Crippen LogP contribution in [0.3, 0.4) is 0 Å². The molecule has 3 rings (SSSR count). The van der Waals surface area contributed by atoms with Gasteiger partial charge in [-0.25, -0.2) is 0 Å². The van der Waals surface area contributed by atoms with Gasteiger partial charge in [-0.2, -0.15) is 0 Å². The zero-order valence-electron chi connectivity index (χ0n) is 11.0. The van der Waals surface area contributed by atoms with Gasteiger partial charge in [-0.05, 0) is 55.8 Å².